The van der Waals surface area contributed by atoms with Crippen LogP contribution in [0.4, 0.5) is 4.39 Å². The molecule has 0 saturated heterocycles. The van der Waals surface area contributed by atoms with E-state index in [4.69, 9.17) is 16.3 Å². The van der Waals surface area contributed by atoms with Gasteiger partial charge in [-0.15, -0.1) is 13.2 Å². The number of allylic oxidation sites excluding steroid dienone is 6. The molecule has 1 amide bonds. The third-order valence-electron chi connectivity index (χ3n) is 6.23. The molecule has 0 spiro atoms. The average molecular weight is 627 g/mol. The number of hydrogen-bond donors (Lipinski definition) is 3. The second kappa shape index (κ2) is 24.5. The summed E-state index contributed by atoms with van der Waals surface area (Å²) in [5, 5.41) is 9.48. The van der Waals surface area contributed by atoms with Gasteiger partial charge >= 0.3 is 5.97 Å². The highest BCUT2D eigenvalue weighted by Crippen LogP contribution is 2.33. The molecule has 0 bridgehead atoms. The molecule has 0 aliphatic heterocycles. The lowest BCUT2D eigenvalue weighted by Crippen LogP contribution is -2.52. The van der Waals surface area contributed by atoms with E-state index in [0.29, 0.717) is 60.3 Å². The predicted molar refractivity (Wildman–Crippen MR) is 174 cm³/mol. The number of halogens is 2. The van der Waals surface area contributed by atoms with Crippen LogP contribution in [0.2, 0.25) is 0 Å². The number of amides is 1. The Morgan fingerprint density at radius 2 is 1.81 bits per heavy atom. The molecule has 3 N–H and O–H groups in total. The number of aliphatic imine (C=N–C) groups is 1. The minimum Gasteiger partial charge on any atom is -0.453 e. The standard InChI is InChI=1S/C16H27N3O4.C9H8ClFO.C5H13N.C2H4/c1-11(21)23-15(10-20)13(5-4-8-17-2)19-16(22)14(18-3)9-12-6-7-12;10-8-4-3-7(2-1-5-12)9(11)6-8;1-5(2,3)6-4;1-2/h8,10,12-15,18H,4-7,9H2,1-3H3,(H,19,22);1-2,5-6H,3-4H2;6H,1-4H3;1-2H2/b;2-1+;;. The van der Waals surface area contributed by atoms with Crippen molar-refractivity contribution in [2.45, 2.75) is 96.4 Å². The highest BCUT2D eigenvalue weighted by atomic mass is 35.5. The van der Waals surface area contributed by atoms with E-state index in [1.807, 2.05) is 7.05 Å². The van der Waals surface area contributed by atoms with E-state index in [1.165, 1.54) is 25.2 Å². The largest absolute Gasteiger partial charge is 0.453 e. The number of ether oxygens (including phenoxy) is 1. The van der Waals surface area contributed by atoms with Crippen LogP contribution < -0.4 is 16.0 Å². The number of carbonyl (C=O) groups is 4. The van der Waals surface area contributed by atoms with Crippen LogP contribution in [0.5, 0.6) is 0 Å². The summed E-state index contributed by atoms with van der Waals surface area (Å²) in [5.74, 6) is -0.464. The maximum Gasteiger partial charge on any atom is 0.303 e. The molecule has 2 rings (SSSR count). The van der Waals surface area contributed by atoms with Crippen LogP contribution in [0.1, 0.15) is 72.6 Å². The summed E-state index contributed by atoms with van der Waals surface area (Å²) < 4.78 is 18.0. The molecular formula is C32H52ClFN4O5. The van der Waals surface area contributed by atoms with Crippen molar-refractivity contribution < 1.29 is 28.3 Å². The van der Waals surface area contributed by atoms with Gasteiger partial charge in [0.05, 0.1) is 12.1 Å². The van der Waals surface area contributed by atoms with Gasteiger partial charge in [0.25, 0.3) is 0 Å². The highest BCUT2D eigenvalue weighted by molar-refractivity contribution is 6.29. The van der Waals surface area contributed by atoms with Crippen LogP contribution in [0, 0.1) is 5.92 Å². The maximum atomic E-state index is 13.0. The van der Waals surface area contributed by atoms with Crippen LogP contribution in [0.25, 0.3) is 0 Å². The van der Waals surface area contributed by atoms with Crippen molar-refractivity contribution in [1.82, 2.24) is 16.0 Å². The Balaban J connectivity index is 0. The minimum absolute atomic E-state index is 0.170. The second-order valence-electron chi connectivity index (χ2n) is 10.8. The van der Waals surface area contributed by atoms with Gasteiger partial charge in [-0.05, 0) is 96.8 Å². The maximum absolute atomic E-state index is 13.0. The Bertz CT molecular complexity index is 971. The zero-order valence-corrected chi connectivity index (χ0v) is 27.6. The second-order valence-corrected chi connectivity index (χ2v) is 11.3. The molecule has 0 aromatic carbocycles. The summed E-state index contributed by atoms with van der Waals surface area (Å²) in [6, 6.07) is -0.855. The van der Waals surface area contributed by atoms with E-state index in [9.17, 15) is 23.6 Å². The number of rotatable bonds is 13. The summed E-state index contributed by atoms with van der Waals surface area (Å²) in [7, 11) is 5.36. The molecule has 2 aliphatic rings. The number of likely N-dealkylation sites (N-methyl/N-ethyl adjacent to an activating group) is 1. The lowest BCUT2D eigenvalue weighted by molar-refractivity contribution is -0.152. The molecule has 43 heavy (non-hydrogen) atoms. The van der Waals surface area contributed by atoms with Crippen LogP contribution >= 0.6 is 11.6 Å². The lowest BCUT2D eigenvalue weighted by atomic mass is 10.0. The first-order valence-corrected chi connectivity index (χ1v) is 14.8. The molecule has 0 heterocycles. The Labute approximate surface area is 262 Å². The predicted octanol–water partition coefficient (Wildman–Crippen LogP) is 5.16. The fourth-order valence-electron chi connectivity index (χ4n) is 3.42. The number of nitrogens with one attached hydrogen (secondary N) is 3. The van der Waals surface area contributed by atoms with Gasteiger partial charge in [0.1, 0.15) is 12.1 Å². The van der Waals surface area contributed by atoms with E-state index in [2.05, 4.69) is 54.9 Å². The number of nitrogens with zero attached hydrogens (tertiary/aromatic N) is 1. The molecule has 3 atom stereocenters. The number of carbonyl (C=O) groups excluding carboxylic acids is 4. The fourth-order valence-corrected chi connectivity index (χ4v) is 3.61. The normalized spacial score (nSPS) is 16.6. The van der Waals surface area contributed by atoms with E-state index in [0.717, 1.165) is 19.3 Å². The molecule has 0 aromatic heterocycles. The summed E-state index contributed by atoms with van der Waals surface area (Å²) in [6.45, 7) is 13.6. The molecule has 0 aromatic rings. The first kappa shape index (κ1) is 42.2. The van der Waals surface area contributed by atoms with Gasteiger partial charge < -0.3 is 25.7 Å². The molecule has 2 aliphatic carbocycles. The monoisotopic (exact) mass is 626 g/mol. The van der Waals surface area contributed by atoms with Crippen molar-refractivity contribution in [2.75, 3.05) is 21.1 Å². The van der Waals surface area contributed by atoms with Gasteiger partial charge in [-0.1, -0.05) is 30.5 Å². The highest BCUT2D eigenvalue weighted by Gasteiger charge is 2.31. The molecule has 3 unspecified atom stereocenters. The number of aldehydes is 2. The van der Waals surface area contributed by atoms with E-state index < -0.39 is 18.1 Å². The van der Waals surface area contributed by atoms with Gasteiger partial charge in [0.2, 0.25) is 5.91 Å². The van der Waals surface area contributed by atoms with Crippen molar-refractivity contribution in [1.29, 1.82) is 0 Å². The van der Waals surface area contributed by atoms with Crippen molar-refractivity contribution in [3.8, 4) is 0 Å². The molecule has 1 saturated carbocycles. The summed E-state index contributed by atoms with van der Waals surface area (Å²) in [4.78, 5) is 48.6. The molecule has 1 fully saturated rings. The van der Waals surface area contributed by atoms with Gasteiger partial charge in [-0.3, -0.25) is 19.2 Å². The third-order valence-corrected chi connectivity index (χ3v) is 6.53. The van der Waals surface area contributed by atoms with Crippen LogP contribution in [-0.4, -0.2) is 75.5 Å². The molecule has 9 nitrogen and oxygen atoms in total. The van der Waals surface area contributed by atoms with Crippen molar-refractivity contribution in [2.24, 2.45) is 10.9 Å². The fraction of sp³-hybridized carbons (Fsp3) is 0.594. The Kier molecular flexibility index (Phi) is 24.0. The van der Waals surface area contributed by atoms with Crippen LogP contribution in [0.15, 0.2) is 52.8 Å². The SMILES string of the molecule is C=C.CN=CCCC(NC(=O)C(CC1CC1)NC)C(C=O)OC(C)=O.CNC(C)(C)C.O=C/C=C/C1=C(F)C=C(Cl)CC1. The average Bonchev–Trinajstić information content (AvgIpc) is 3.79. The van der Waals surface area contributed by atoms with Crippen LogP contribution in [0.3, 0.4) is 0 Å². The van der Waals surface area contributed by atoms with Gasteiger partial charge in [-0.25, -0.2) is 4.39 Å². The molecular weight excluding hydrogens is 575 g/mol. The molecule has 0 radical (unpaired) electrons. The first-order chi connectivity index (χ1) is 20.3. The Morgan fingerprint density at radius 3 is 2.23 bits per heavy atom. The van der Waals surface area contributed by atoms with Crippen molar-refractivity contribution in [3.05, 3.63) is 47.8 Å². The van der Waals surface area contributed by atoms with E-state index in [-0.39, 0.29) is 17.8 Å². The number of esters is 1. The third kappa shape index (κ3) is 22.3. The van der Waals surface area contributed by atoms with Gasteiger partial charge in [0, 0.05) is 24.5 Å². The number of hydrogen-bond acceptors (Lipinski definition) is 8. The minimum atomic E-state index is -0.986. The zero-order valence-electron chi connectivity index (χ0n) is 26.9. The Morgan fingerprint density at radius 1 is 1.21 bits per heavy atom. The van der Waals surface area contributed by atoms with E-state index in [1.54, 1.807) is 20.3 Å². The van der Waals surface area contributed by atoms with Gasteiger partial charge in [-0.2, -0.15) is 0 Å². The van der Waals surface area contributed by atoms with Crippen molar-refractivity contribution in [3.63, 3.8) is 0 Å². The van der Waals surface area contributed by atoms with Crippen molar-refractivity contribution >= 4 is 42.3 Å². The molecule has 11 heteroatoms. The summed E-state index contributed by atoms with van der Waals surface area (Å²) >= 11 is 5.60. The smallest absolute Gasteiger partial charge is 0.303 e. The zero-order chi connectivity index (χ0) is 33.4. The Hall–Kier alpha value is -2.95. The molecule has 244 valence electrons. The lowest BCUT2D eigenvalue weighted by Gasteiger charge is -2.26. The topological polar surface area (TPSA) is 126 Å². The van der Waals surface area contributed by atoms with Crippen LogP contribution in [-0.2, 0) is 23.9 Å². The quantitative estimate of drug-likeness (QED) is 0.0848. The summed E-state index contributed by atoms with van der Waals surface area (Å²) in [6.07, 6.45) is 11.3. The van der Waals surface area contributed by atoms with E-state index >= 15 is 0 Å². The van der Waals surface area contributed by atoms with Gasteiger partial charge in [0.15, 0.2) is 12.4 Å². The summed E-state index contributed by atoms with van der Waals surface area (Å²) in [5.41, 5.74) is 0.825. The first-order valence-electron chi connectivity index (χ1n) is 14.4.